The quantitative estimate of drug-likeness (QED) is 0.572. The normalized spacial score (nSPS) is 30.4. The topological polar surface area (TPSA) is 69.7 Å². The predicted molar refractivity (Wildman–Crippen MR) is 113 cm³/mol. The Balaban J connectivity index is 1.67. The van der Waals surface area contributed by atoms with Crippen LogP contribution in [0.2, 0.25) is 0 Å². The number of amides is 3. The lowest BCUT2D eigenvalue weighted by atomic mass is 9.76. The highest BCUT2D eigenvalue weighted by molar-refractivity contribution is 9.09. The summed E-state index contributed by atoms with van der Waals surface area (Å²) in [6.45, 7) is 2.38. The molecule has 0 unspecified atom stereocenters. The third kappa shape index (κ3) is 2.28. The van der Waals surface area contributed by atoms with Gasteiger partial charge in [0.25, 0.3) is 5.91 Å². The third-order valence-corrected chi connectivity index (χ3v) is 6.69. The highest BCUT2D eigenvalue weighted by Crippen LogP contribution is 2.54. The van der Waals surface area contributed by atoms with E-state index in [4.69, 9.17) is 0 Å². The molecule has 3 amide bonds. The van der Waals surface area contributed by atoms with Gasteiger partial charge in [0.15, 0.2) is 0 Å². The van der Waals surface area contributed by atoms with Gasteiger partial charge in [0, 0.05) is 29.2 Å². The molecule has 148 valence electrons. The molecular formula is C22H20BrN3O3. The molecule has 4 atom stereocenters. The monoisotopic (exact) mass is 453 g/mol. The number of hydrogen-bond acceptors (Lipinski definition) is 4. The van der Waals surface area contributed by atoms with Gasteiger partial charge >= 0.3 is 0 Å². The van der Waals surface area contributed by atoms with Gasteiger partial charge in [-0.25, -0.2) is 4.90 Å². The van der Waals surface area contributed by atoms with Gasteiger partial charge < -0.3 is 4.90 Å². The van der Waals surface area contributed by atoms with E-state index in [-0.39, 0.29) is 23.8 Å². The molecule has 0 aliphatic carbocycles. The second-order valence-electron chi connectivity index (χ2n) is 7.75. The number of hydrogen-bond donors (Lipinski definition) is 1. The summed E-state index contributed by atoms with van der Waals surface area (Å²) in [6.07, 6.45) is 0. The van der Waals surface area contributed by atoms with Crippen molar-refractivity contribution in [2.75, 3.05) is 21.7 Å². The highest BCUT2D eigenvalue weighted by atomic mass is 79.9. The van der Waals surface area contributed by atoms with Crippen molar-refractivity contribution >= 4 is 45.0 Å². The summed E-state index contributed by atoms with van der Waals surface area (Å²) in [4.78, 5) is 43.6. The van der Waals surface area contributed by atoms with Crippen LogP contribution in [0, 0.1) is 11.8 Å². The lowest BCUT2D eigenvalue weighted by Gasteiger charge is -2.30. The van der Waals surface area contributed by atoms with Crippen molar-refractivity contribution in [2.45, 2.75) is 18.5 Å². The Hall–Kier alpha value is -2.51. The van der Waals surface area contributed by atoms with Gasteiger partial charge in [0.1, 0.15) is 5.54 Å². The molecule has 6 nitrogen and oxygen atoms in total. The van der Waals surface area contributed by atoms with Crippen LogP contribution in [0.4, 0.5) is 11.4 Å². The van der Waals surface area contributed by atoms with Crippen molar-refractivity contribution in [2.24, 2.45) is 11.8 Å². The Morgan fingerprint density at radius 2 is 1.69 bits per heavy atom. The Morgan fingerprint density at radius 1 is 1.00 bits per heavy atom. The number of fused-ring (bicyclic) bond motifs is 4. The molecule has 0 bridgehead atoms. The Bertz CT molecular complexity index is 1030. The lowest BCUT2D eigenvalue weighted by Crippen LogP contribution is -2.55. The summed E-state index contributed by atoms with van der Waals surface area (Å²) < 4.78 is 0. The van der Waals surface area contributed by atoms with E-state index >= 15 is 0 Å². The number of nitrogens with zero attached hydrogens (tertiary/aromatic N) is 2. The SMILES string of the molecule is C[C@H]1N[C@]2(C(=O)N(CCBr)c3ccccc32)[C@@H]2C(=O)N(c3ccccc3)C(=O)[C@H]21. The first-order valence-corrected chi connectivity index (χ1v) is 10.8. The molecule has 1 spiro atoms. The second-order valence-corrected chi connectivity index (χ2v) is 8.55. The van der Waals surface area contributed by atoms with Gasteiger partial charge in [-0.3, -0.25) is 19.7 Å². The summed E-state index contributed by atoms with van der Waals surface area (Å²) in [6, 6.07) is 16.2. The fraction of sp³-hybridized carbons (Fsp3) is 0.318. The van der Waals surface area contributed by atoms with Crippen molar-refractivity contribution in [3.8, 4) is 0 Å². The molecule has 3 aliphatic rings. The fourth-order valence-corrected chi connectivity index (χ4v) is 5.60. The number of anilines is 2. The minimum Gasteiger partial charge on any atom is -0.309 e. The largest absolute Gasteiger partial charge is 0.309 e. The van der Waals surface area contributed by atoms with Crippen molar-refractivity contribution in [3.05, 3.63) is 60.2 Å². The van der Waals surface area contributed by atoms with E-state index in [2.05, 4.69) is 21.2 Å². The van der Waals surface area contributed by atoms with Crippen LogP contribution in [0.5, 0.6) is 0 Å². The molecule has 0 aromatic heterocycles. The van der Waals surface area contributed by atoms with Gasteiger partial charge in [-0.15, -0.1) is 0 Å². The van der Waals surface area contributed by atoms with Gasteiger partial charge in [0.2, 0.25) is 11.8 Å². The van der Waals surface area contributed by atoms with Crippen molar-refractivity contribution in [1.29, 1.82) is 0 Å². The molecule has 3 heterocycles. The van der Waals surface area contributed by atoms with Crippen molar-refractivity contribution in [1.82, 2.24) is 5.32 Å². The van der Waals surface area contributed by atoms with E-state index in [0.29, 0.717) is 17.6 Å². The summed E-state index contributed by atoms with van der Waals surface area (Å²) in [5.74, 6) is -2.06. The lowest BCUT2D eigenvalue weighted by molar-refractivity contribution is -0.132. The molecule has 2 fully saturated rings. The maximum atomic E-state index is 13.7. The number of para-hydroxylation sites is 2. The van der Waals surface area contributed by atoms with Gasteiger partial charge in [-0.2, -0.15) is 0 Å². The standard InChI is InChI=1S/C22H20BrN3O3/c1-13-17-18(20(28)26(19(17)27)14-7-3-2-4-8-14)22(24-13)15-9-5-6-10-16(15)25(12-11-23)21(22)29/h2-10,13,17-18,24H,11-12H2,1H3/t13-,17+,18+,22+/m1/s1. The molecule has 7 heteroatoms. The van der Waals surface area contributed by atoms with Gasteiger partial charge in [0.05, 0.1) is 17.5 Å². The van der Waals surface area contributed by atoms with Crippen LogP contribution in [0.15, 0.2) is 54.6 Å². The molecule has 2 aromatic carbocycles. The van der Waals surface area contributed by atoms with Crippen LogP contribution in [-0.2, 0) is 19.9 Å². The molecule has 5 rings (SSSR count). The Kier molecular flexibility index (Phi) is 4.15. The smallest absolute Gasteiger partial charge is 0.252 e. The maximum Gasteiger partial charge on any atom is 0.252 e. The summed E-state index contributed by atoms with van der Waals surface area (Å²) in [7, 11) is 0. The number of halogens is 1. The number of carbonyl (C=O) groups excluding carboxylic acids is 3. The van der Waals surface area contributed by atoms with E-state index in [1.165, 1.54) is 4.90 Å². The zero-order valence-corrected chi connectivity index (χ0v) is 17.4. The first-order chi connectivity index (χ1) is 14.0. The van der Waals surface area contributed by atoms with E-state index in [0.717, 1.165) is 11.3 Å². The number of nitrogens with one attached hydrogen (secondary N) is 1. The van der Waals surface area contributed by atoms with E-state index in [1.54, 1.807) is 29.2 Å². The molecule has 3 aliphatic heterocycles. The highest BCUT2D eigenvalue weighted by Gasteiger charge is 2.70. The molecule has 2 aromatic rings. The van der Waals surface area contributed by atoms with Crippen LogP contribution in [-0.4, -0.2) is 35.6 Å². The molecule has 0 saturated carbocycles. The minimum absolute atomic E-state index is 0.159. The van der Waals surface area contributed by atoms with E-state index in [1.807, 2.05) is 37.3 Å². The molecule has 0 radical (unpaired) electrons. The number of imide groups is 1. The van der Waals surface area contributed by atoms with Gasteiger partial charge in [-0.05, 0) is 25.1 Å². The molecular weight excluding hydrogens is 434 g/mol. The van der Waals surface area contributed by atoms with Crippen LogP contribution in [0.1, 0.15) is 12.5 Å². The van der Waals surface area contributed by atoms with Gasteiger partial charge in [-0.1, -0.05) is 52.3 Å². The maximum absolute atomic E-state index is 13.7. The van der Waals surface area contributed by atoms with Crippen LogP contribution >= 0.6 is 15.9 Å². The Labute approximate surface area is 177 Å². The van der Waals surface area contributed by atoms with E-state index in [9.17, 15) is 14.4 Å². The molecule has 2 saturated heterocycles. The molecule has 29 heavy (non-hydrogen) atoms. The Morgan fingerprint density at radius 3 is 2.41 bits per heavy atom. The summed E-state index contributed by atoms with van der Waals surface area (Å²) in [5.41, 5.74) is 0.923. The predicted octanol–water partition coefficient (Wildman–Crippen LogP) is 2.42. The number of rotatable bonds is 3. The first kappa shape index (κ1) is 18.5. The van der Waals surface area contributed by atoms with E-state index < -0.39 is 17.4 Å². The van der Waals surface area contributed by atoms with Crippen molar-refractivity contribution < 1.29 is 14.4 Å². The number of alkyl halides is 1. The van der Waals surface area contributed by atoms with Crippen molar-refractivity contribution in [3.63, 3.8) is 0 Å². The van der Waals surface area contributed by atoms with Crippen LogP contribution in [0.3, 0.4) is 0 Å². The van der Waals surface area contributed by atoms with Crippen LogP contribution < -0.4 is 15.1 Å². The van der Waals surface area contributed by atoms with Crippen LogP contribution in [0.25, 0.3) is 0 Å². The minimum atomic E-state index is -1.21. The summed E-state index contributed by atoms with van der Waals surface area (Å²) >= 11 is 3.42. The number of carbonyl (C=O) groups is 3. The second kappa shape index (κ2) is 6.50. The summed E-state index contributed by atoms with van der Waals surface area (Å²) in [5, 5.41) is 4.00. The molecule has 1 N–H and O–H groups in total. The zero-order chi connectivity index (χ0) is 20.3. The average molecular weight is 454 g/mol. The third-order valence-electron chi connectivity index (χ3n) is 6.34. The zero-order valence-electron chi connectivity index (χ0n) is 15.8. The first-order valence-electron chi connectivity index (χ1n) is 9.70. The fourth-order valence-electron chi connectivity index (χ4n) is 5.25. The average Bonchev–Trinajstić information content (AvgIpc) is 3.27. The number of benzene rings is 2.